The molecule has 2 aromatic rings. The van der Waals surface area contributed by atoms with E-state index in [1.165, 1.54) is 0 Å². The van der Waals surface area contributed by atoms with Gasteiger partial charge in [0.05, 0.1) is 23.3 Å². The van der Waals surface area contributed by atoms with E-state index in [0.717, 1.165) is 11.0 Å². The first-order valence-electron chi connectivity index (χ1n) is 6.47. The van der Waals surface area contributed by atoms with Crippen molar-refractivity contribution in [1.82, 2.24) is 9.97 Å². The molecular formula is C15H17N3O. The van der Waals surface area contributed by atoms with Crippen LogP contribution in [0.1, 0.15) is 26.5 Å². The highest BCUT2D eigenvalue weighted by Gasteiger charge is 2.31. The number of benzene rings is 1. The van der Waals surface area contributed by atoms with Gasteiger partial charge in [-0.25, -0.2) is 9.98 Å². The smallest absolute Gasteiger partial charge is 0.237 e. The Kier molecular flexibility index (Phi) is 2.73. The number of fused-ring (bicyclic) bond motifs is 1. The molecule has 0 aliphatic carbocycles. The average molecular weight is 255 g/mol. The Balaban J connectivity index is 1.97. The molecule has 0 amide bonds. The minimum absolute atomic E-state index is 0.103. The fourth-order valence-electron chi connectivity index (χ4n) is 2.02. The third kappa shape index (κ3) is 2.30. The minimum Gasteiger partial charge on any atom is -0.474 e. The molecular weight excluding hydrogens is 238 g/mol. The molecule has 0 spiro atoms. The van der Waals surface area contributed by atoms with Crippen molar-refractivity contribution in [2.45, 2.75) is 26.8 Å². The van der Waals surface area contributed by atoms with E-state index in [2.05, 4.69) is 35.7 Å². The Labute approximate surface area is 112 Å². The third-order valence-electron chi connectivity index (χ3n) is 3.32. The number of hydrogen-bond acceptors (Lipinski definition) is 4. The summed E-state index contributed by atoms with van der Waals surface area (Å²) in [6.07, 6.45) is 1.73. The van der Waals surface area contributed by atoms with E-state index >= 15 is 0 Å². The van der Waals surface area contributed by atoms with Crippen molar-refractivity contribution in [3.63, 3.8) is 0 Å². The Morgan fingerprint density at radius 2 is 1.89 bits per heavy atom. The van der Waals surface area contributed by atoms with Crippen LogP contribution in [0.5, 0.6) is 0 Å². The van der Waals surface area contributed by atoms with Gasteiger partial charge in [-0.3, -0.25) is 4.98 Å². The third-order valence-corrected chi connectivity index (χ3v) is 3.32. The number of aliphatic imine (C=N–C) groups is 1. The highest BCUT2D eigenvalue weighted by molar-refractivity contribution is 5.94. The molecule has 2 heterocycles. The number of rotatable bonds is 1. The Hall–Kier alpha value is -1.97. The van der Waals surface area contributed by atoms with Crippen molar-refractivity contribution >= 4 is 16.9 Å². The molecule has 4 heteroatoms. The van der Waals surface area contributed by atoms with Crippen molar-refractivity contribution in [1.29, 1.82) is 0 Å². The second-order valence-corrected chi connectivity index (χ2v) is 5.87. The van der Waals surface area contributed by atoms with Crippen LogP contribution in [0.15, 0.2) is 35.5 Å². The molecule has 0 N–H and O–H groups in total. The van der Waals surface area contributed by atoms with E-state index in [9.17, 15) is 0 Å². The summed E-state index contributed by atoms with van der Waals surface area (Å²) in [4.78, 5) is 13.6. The minimum atomic E-state index is 0.103. The Morgan fingerprint density at radius 1 is 1.16 bits per heavy atom. The van der Waals surface area contributed by atoms with Crippen LogP contribution in [0.3, 0.4) is 0 Å². The van der Waals surface area contributed by atoms with Crippen LogP contribution in [-0.2, 0) is 4.74 Å². The zero-order valence-electron chi connectivity index (χ0n) is 11.4. The average Bonchev–Trinajstić information content (AvgIpc) is 2.87. The molecule has 4 nitrogen and oxygen atoms in total. The fraction of sp³-hybridized carbons (Fsp3) is 0.400. The number of para-hydroxylation sites is 2. The maximum atomic E-state index is 5.67. The topological polar surface area (TPSA) is 47.4 Å². The summed E-state index contributed by atoms with van der Waals surface area (Å²) < 4.78 is 5.67. The van der Waals surface area contributed by atoms with Gasteiger partial charge in [-0.05, 0) is 17.5 Å². The van der Waals surface area contributed by atoms with Crippen molar-refractivity contribution in [3.8, 4) is 0 Å². The molecule has 1 aliphatic heterocycles. The first kappa shape index (κ1) is 12.1. The molecule has 1 aliphatic rings. The number of hydrogen-bond donors (Lipinski definition) is 0. The van der Waals surface area contributed by atoms with E-state index in [-0.39, 0.29) is 11.5 Å². The van der Waals surface area contributed by atoms with Gasteiger partial charge in [0.15, 0.2) is 0 Å². The molecule has 1 aromatic heterocycles. The molecule has 0 saturated carbocycles. The summed E-state index contributed by atoms with van der Waals surface area (Å²) >= 11 is 0. The lowest BCUT2D eigenvalue weighted by atomic mass is 9.88. The van der Waals surface area contributed by atoms with Gasteiger partial charge < -0.3 is 4.74 Å². The maximum Gasteiger partial charge on any atom is 0.237 e. The van der Waals surface area contributed by atoms with Crippen molar-refractivity contribution in [2.24, 2.45) is 10.4 Å². The van der Waals surface area contributed by atoms with Gasteiger partial charge >= 0.3 is 0 Å². The summed E-state index contributed by atoms with van der Waals surface area (Å²) in [5.74, 6) is 0.609. The molecule has 0 fully saturated rings. The lowest BCUT2D eigenvalue weighted by Crippen LogP contribution is -2.25. The molecule has 3 rings (SSSR count). The van der Waals surface area contributed by atoms with Gasteiger partial charge in [-0.1, -0.05) is 32.9 Å². The highest BCUT2D eigenvalue weighted by atomic mass is 16.5. The first-order chi connectivity index (χ1) is 9.04. The van der Waals surface area contributed by atoms with Crippen LogP contribution >= 0.6 is 0 Å². The summed E-state index contributed by atoms with van der Waals surface area (Å²) in [7, 11) is 0. The van der Waals surface area contributed by atoms with Gasteiger partial charge in [0.2, 0.25) is 5.90 Å². The summed E-state index contributed by atoms with van der Waals surface area (Å²) in [6.45, 7) is 7.12. The van der Waals surface area contributed by atoms with Crippen LogP contribution < -0.4 is 0 Å². The fourth-order valence-corrected chi connectivity index (χ4v) is 2.02. The molecule has 0 radical (unpaired) electrons. The van der Waals surface area contributed by atoms with Gasteiger partial charge in [0.1, 0.15) is 12.3 Å². The summed E-state index contributed by atoms with van der Waals surface area (Å²) in [5, 5.41) is 0. The number of ether oxygens (including phenoxy) is 1. The standard InChI is InChI=1S/C15H17N3O/c1-15(2,3)13-9-19-14(18-13)12-8-16-10-6-4-5-7-11(10)17-12/h4-8,13H,9H2,1-3H3/t13-/m1/s1. The molecule has 0 unspecified atom stereocenters. The van der Waals surface area contributed by atoms with Gasteiger partial charge in [0.25, 0.3) is 0 Å². The highest BCUT2D eigenvalue weighted by Crippen LogP contribution is 2.27. The van der Waals surface area contributed by atoms with Crippen LogP contribution in [-0.4, -0.2) is 28.5 Å². The molecule has 19 heavy (non-hydrogen) atoms. The van der Waals surface area contributed by atoms with Crippen molar-refractivity contribution < 1.29 is 4.74 Å². The zero-order valence-corrected chi connectivity index (χ0v) is 11.4. The van der Waals surface area contributed by atoms with Gasteiger partial charge in [-0.2, -0.15) is 0 Å². The number of nitrogens with zero attached hydrogens (tertiary/aromatic N) is 3. The second kappa shape index (κ2) is 4.30. The lowest BCUT2D eigenvalue weighted by Gasteiger charge is -2.21. The Bertz CT molecular complexity index is 643. The molecule has 0 bridgehead atoms. The molecule has 0 saturated heterocycles. The predicted octanol–water partition coefficient (Wildman–Crippen LogP) is 2.82. The Morgan fingerprint density at radius 3 is 2.58 bits per heavy atom. The largest absolute Gasteiger partial charge is 0.474 e. The van der Waals surface area contributed by atoms with Crippen LogP contribution in [0, 0.1) is 5.41 Å². The number of aromatic nitrogens is 2. The van der Waals surface area contributed by atoms with Crippen molar-refractivity contribution in [3.05, 3.63) is 36.2 Å². The first-order valence-corrected chi connectivity index (χ1v) is 6.47. The van der Waals surface area contributed by atoms with Crippen molar-refractivity contribution in [2.75, 3.05) is 6.61 Å². The van der Waals surface area contributed by atoms with Gasteiger partial charge in [0, 0.05) is 0 Å². The maximum absolute atomic E-state index is 5.67. The van der Waals surface area contributed by atoms with E-state index in [1.807, 2.05) is 24.3 Å². The van der Waals surface area contributed by atoms with E-state index in [1.54, 1.807) is 6.20 Å². The normalized spacial score (nSPS) is 19.3. The van der Waals surface area contributed by atoms with Crippen LogP contribution in [0.4, 0.5) is 0 Å². The van der Waals surface area contributed by atoms with E-state index in [4.69, 9.17) is 4.74 Å². The van der Waals surface area contributed by atoms with Crippen LogP contribution in [0.25, 0.3) is 11.0 Å². The van der Waals surface area contributed by atoms with Crippen LogP contribution in [0.2, 0.25) is 0 Å². The second-order valence-electron chi connectivity index (χ2n) is 5.87. The quantitative estimate of drug-likeness (QED) is 0.787. The van der Waals surface area contributed by atoms with E-state index < -0.39 is 0 Å². The lowest BCUT2D eigenvalue weighted by molar-refractivity contribution is 0.235. The molecule has 1 aromatic carbocycles. The summed E-state index contributed by atoms with van der Waals surface area (Å²) in [6, 6.07) is 7.98. The molecule has 98 valence electrons. The van der Waals surface area contributed by atoms with Gasteiger partial charge in [-0.15, -0.1) is 0 Å². The SMILES string of the molecule is CC(C)(C)[C@H]1COC(c2cnc3ccccc3n2)=N1. The zero-order chi connectivity index (χ0) is 13.5. The molecule has 1 atom stereocenters. The van der Waals surface area contributed by atoms with E-state index in [0.29, 0.717) is 18.2 Å². The monoisotopic (exact) mass is 255 g/mol. The predicted molar refractivity (Wildman–Crippen MR) is 75.3 cm³/mol. The summed E-state index contributed by atoms with van der Waals surface area (Å²) in [5.41, 5.74) is 2.57.